The molecule has 1 aromatic heterocycles. The van der Waals surface area contributed by atoms with E-state index in [9.17, 15) is 34.8 Å². The molecule has 1 heterocycles. The summed E-state index contributed by atoms with van der Waals surface area (Å²) in [6.07, 6.45) is 6.19. The normalized spacial score (nSPS) is 27.8. The van der Waals surface area contributed by atoms with Crippen LogP contribution in [0.2, 0.25) is 0 Å². The smallest absolute Gasteiger partial charge is 0.255 e. The molecule has 6 rings (SSSR count). The highest BCUT2D eigenvalue weighted by Crippen LogP contribution is 2.53. The van der Waals surface area contributed by atoms with Crippen LogP contribution in [-0.2, 0) is 27.3 Å². The molecule has 2 saturated carbocycles. The number of ketones is 2. The largest absolute Gasteiger partial charge is 0.508 e. The van der Waals surface area contributed by atoms with Gasteiger partial charge in [0.15, 0.2) is 11.4 Å². The molecule has 4 unspecified atom stereocenters. The zero-order valence-electron chi connectivity index (χ0n) is 24.2. The topological polar surface area (TPSA) is 187 Å². The van der Waals surface area contributed by atoms with Crippen LogP contribution in [-0.4, -0.2) is 74.6 Å². The fraction of sp³-hybridized carbons (Fsp3) is 0.469. The predicted molar refractivity (Wildman–Crippen MR) is 156 cm³/mol. The Morgan fingerprint density at radius 1 is 1.09 bits per heavy atom. The summed E-state index contributed by atoms with van der Waals surface area (Å²) < 4.78 is 6.19. The number of benzene rings is 1. The third-order valence-corrected chi connectivity index (χ3v) is 9.70. The van der Waals surface area contributed by atoms with Crippen molar-refractivity contribution in [2.75, 3.05) is 14.1 Å². The number of aliphatic hydroxyl groups is 3. The Hall–Kier alpha value is -3.93. The molecular formula is C32H37N3O8. The van der Waals surface area contributed by atoms with E-state index >= 15 is 0 Å². The number of carbonyl (C=O) groups excluding carboxylic acids is 3. The third-order valence-electron chi connectivity index (χ3n) is 9.70. The summed E-state index contributed by atoms with van der Waals surface area (Å²) in [5.41, 5.74) is 2.93. The van der Waals surface area contributed by atoms with Crippen molar-refractivity contribution in [3.63, 3.8) is 0 Å². The minimum atomic E-state index is -2.67. The van der Waals surface area contributed by atoms with E-state index in [0.29, 0.717) is 29.5 Å². The second-order valence-corrected chi connectivity index (χ2v) is 12.4. The van der Waals surface area contributed by atoms with Crippen LogP contribution >= 0.6 is 0 Å². The second-order valence-electron chi connectivity index (χ2n) is 12.4. The van der Waals surface area contributed by atoms with Crippen LogP contribution in [0.4, 0.5) is 0 Å². The Balaban J connectivity index is 1.40. The first kappa shape index (κ1) is 29.2. The molecule has 7 N–H and O–H groups in total. The summed E-state index contributed by atoms with van der Waals surface area (Å²) >= 11 is 0. The van der Waals surface area contributed by atoms with Gasteiger partial charge in [-0.1, -0.05) is 19.3 Å². The number of likely N-dealkylation sites (N-methyl/N-ethyl adjacent to an activating group) is 1. The number of aliphatic hydroxyl groups excluding tert-OH is 2. The Labute approximate surface area is 248 Å². The Morgan fingerprint density at radius 2 is 1.81 bits per heavy atom. The van der Waals surface area contributed by atoms with Crippen LogP contribution in [0.5, 0.6) is 5.75 Å². The van der Waals surface area contributed by atoms with E-state index in [4.69, 9.17) is 10.2 Å². The Bertz CT molecular complexity index is 1580. The van der Waals surface area contributed by atoms with Crippen molar-refractivity contribution >= 4 is 23.2 Å². The van der Waals surface area contributed by atoms with Crippen molar-refractivity contribution in [3.8, 4) is 17.1 Å². The molecule has 0 bridgehead atoms. The summed E-state index contributed by atoms with van der Waals surface area (Å²) in [6, 6.07) is 6.15. The van der Waals surface area contributed by atoms with Gasteiger partial charge >= 0.3 is 0 Å². The Kier molecular flexibility index (Phi) is 7.22. The van der Waals surface area contributed by atoms with Crippen molar-refractivity contribution in [1.82, 2.24) is 10.2 Å². The molecule has 4 atom stereocenters. The fourth-order valence-corrected chi connectivity index (χ4v) is 7.64. The van der Waals surface area contributed by atoms with E-state index in [0.717, 1.165) is 18.6 Å². The van der Waals surface area contributed by atoms with Crippen LogP contribution < -0.4 is 11.1 Å². The molecule has 43 heavy (non-hydrogen) atoms. The van der Waals surface area contributed by atoms with Gasteiger partial charge in [-0.3, -0.25) is 19.3 Å². The van der Waals surface area contributed by atoms with Gasteiger partial charge in [-0.2, -0.15) is 0 Å². The average Bonchev–Trinajstić information content (AvgIpc) is 3.43. The quantitative estimate of drug-likeness (QED) is 0.273. The molecule has 4 aliphatic rings. The third kappa shape index (κ3) is 4.49. The number of nitrogens with zero attached hydrogens (tertiary/aromatic N) is 1. The number of aromatic hydroxyl groups is 1. The van der Waals surface area contributed by atoms with Gasteiger partial charge in [0.05, 0.1) is 18.2 Å². The fourth-order valence-electron chi connectivity index (χ4n) is 7.64. The number of fused-ring (bicyclic) bond motifs is 3. The van der Waals surface area contributed by atoms with Gasteiger partial charge < -0.3 is 35.9 Å². The minimum absolute atomic E-state index is 0.0234. The van der Waals surface area contributed by atoms with Crippen LogP contribution in [0.3, 0.4) is 0 Å². The molecule has 0 aliphatic heterocycles. The number of Topliss-reactive ketones (excluding diaryl/α,β-unsaturated/α-hetero) is 2. The lowest BCUT2D eigenvalue weighted by Crippen LogP contribution is -2.65. The number of amides is 1. The molecule has 2 aromatic rings. The van der Waals surface area contributed by atoms with Gasteiger partial charge in [0.25, 0.3) is 5.91 Å². The van der Waals surface area contributed by atoms with Gasteiger partial charge in [-0.05, 0) is 75.5 Å². The van der Waals surface area contributed by atoms with Gasteiger partial charge in [-0.25, -0.2) is 0 Å². The van der Waals surface area contributed by atoms with Crippen molar-refractivity contribution in [2.45, 2.75) is 69.2 Å². The molecule has 228 valence electrons. The lowest BCUT2D eigenvalue weighted by molar-refractivity contribution is -0.153. The van der Waals surface area contributed by atoms with Gasteiger partial charge in [-0.15, -0.1) is 0 Å². The molecular weight excluding hydrogens is 554 g/mol. The molecule has 2 fully saturated rings. The maximum Gasteiger partial charge on any atom is 0.255 e. The standard InChI is InChI=1S/C32H37N3O8/c1-35(2)26-20-13-15-12-19-18(22-11-8-17(43-22)14-34-16-6-4-3-5-7-16)9-10-21(36)24(19)27(37)23(15)29(39)32(20,42)30(40)25(28(26)38)31(33)41/h8-11,15-16,20,26,34,36-37,40,42H,3-7,12-14H2,1-2H3,(H2,33,41). The molecule has 1 aromatic carbocycles. The highest BCUT2D eigenvalue weighted by Gasteiger charge is 2.64. The second kappa shape index (κ2) is 10.7. The van der Waals surface area contributed by atoms with Crippen LogP contribution in [0.25, 0.3) is 17.1 Å². The van der Waals surface area contributed by atoms with E-state index in [2.05, 4.69) is 5.32 Å². The Morgan fingerprint density at radius 3 is 2.49 bits per heavy atom. The van der Waals surface area contributed by atoms with Gasteiger partial charge in [0.2, 0.25) is 5.78 Å². The number of rotatable bonds is 6. The summed E-state index contributed by atoms with van der Waals surface area (Å²) in [6.45, 7) is 0.571. The lowest BCUT2D eigenvalue weighted by atomic mass is 9.57. The number of furan rings is 1. The zero-order valence-corrected chi connectivity index (χ0v) is 24.2. The van der Waals surface area contributed by atoms with Gasteiger partial charge in [0, 0.05) is 23.1 Å². The summed E-state index contributed by atoms with van der Waals surface area (Å²) in [5, 5.41) is 48.6. The molecule has 11 nitrogen and oxygen atoms in total. The number of hydrogen-bond donors (Lipinski definition) is 6. The van der Waals surface area contributed by atoms with Crippen molar-refractivity contribution in [1.29, 1.82) is 0 Å². The number of carbonyl (C=O) groups is 3. The molecule has 1 amide bonds. The first-order valence-corrected chi connectivity index (χ1v) is 14.8. The maximum atomic E-state index is 14.0. The predicted octanol–water partition coefficient (Wildman–Crippen LogP) is 2.65. The number of hydrogen-bond acceptors (Lipinski definition) is 10. The number of nitrogens with one attached hydrogen (secondary N) is 1. The zero-order chi connectivity index (χ0) is 30.8. The van der Waals surface area contributed by atoms with Crippen molar-refractivity contribution in [3.05, 3.63) is 58.1 Å². The van der Waals surface area contributed by atoms with E-state index in [1.165, 1.54) is 30.2 Å². The number of phenols is 1. The van der Waals surface area contributed by atoms with E-state index in [1.807, 2.05) is 12.1 Å². The van der Waals surface area contributed by atoms with E-state index in [-0.39, 0.29) is 29.7 Å². The molecule has 11 heteroatoms. The highest BCUT2D eigenvalue weighted by molar-refractivity contribution is 6.24. The number of primary amides is 1. The van der Waals surface area contributed by atoms with Crippen LogP contribution in [0, 0.1) is 11.8 Å². The first-order valence-electron chi connectivity index (χ1n) is 14.8. The van der Waals surface area contributed by atoms with Gasteiger partial charge in [0.1, 0.15) is 34.4 Å². The van der Waals surface area contributed by atoms with Crippen LogP contribution in [0.15, 0.2) is 45.6 Å². The van der Waals surface area contributed by atoms with Crippen LogP contribution in [0.1, 0.15) is 55.4 Å². The monoisotopic (exact) mass is 591 g/mol. The summed E-state index contributed by atoms with van der Waals surface area (Å²) in [7, 11) is 3.14. The lowest BCUT2D eigenvalue weighted by Gasteiger charge is -2.50. The SMILES string of the molecule is CN(C)C1C(=O)C(C(N)=O)=C(O)C2(O)C(=O)C3=C(O)c4c(O)ccc(-c5ccc(CNC6CCCCC6)o5)c4CC3CC12. The highest BCUT2D eigenvalue weighted by atomic mass is 16.4. The maximum absolute atomic E-state index is 14.0. The van der Waals surface area contributed by atoms with Crippen molar-refractivity contribution in [2.24, 2.45) is 17.6 Å². The summed E-state index contributed by atoms with van der Waals surface area (Å²) in [5.74, 6) is -5.49. The van der Waals surface area contributed by atoms with Crippen molar-refractivity contribution < 1.29 is 39.2 Å². The molecule has 0 saturated heterocycles. The molecule has 0 radical (unpaired) electrons. The number of phenolic OH excluding ortho intramolecular Hbond substituents is 1. The minimum Gasteiger partial charge on any atom is -0.508 e. The molecule has 0 spiro atoms. The number of nitrogens with two attached hydrogens (primary N) is 1. The molecule has 4 aliphatic carbocycles. The summed E-state index contributed by atoms with van der Waals surface area (Å²) in [4.78, 5) is 40.9. The van der Waals surface area contributed by atoms with E-state index < -0.39 is 58.0 Å². The average molecular weight is 592 g/mol. The first-order chi connectivity index (χ1) is 20.4. The van der Waals surface area contributed by atoms with E-state index in [1.54, 1.807) is 20.2 Å².